The molecule has 1 aromatic rings. The van der Waals surface area contributed by atoms with Gasteiger partial charge in [0.25, 0.3) is 0 Å². The van der Waals surface area contributed by atoms with E-state index >= 15 is 0 Å². The lowest BCUT2D eigenvalue weighted by molar-refractivity contribution is -0.385. The molecule has 0 bridgehead atoms. The molecule has 0 aliphatic carbocycles. The fraction of sp³-hybridized carbons (Fsp3) is 0.455. The molecule has 5 nitrogen and oxygen atoms in total. The average Bonchev–Trinajstić information content (AvgIpc) is 2.30. The molecule has 0 amide bonds. The quantitative estimate of drug-likeness (QED) is 0.446. The molecule has 0 aromatic heterocycles. The highest BCUT2D eigenvalue weighted by atomic mass is 35.5. The fourth-order valence-electron chi connectivity index (χ4n) is 1.27. The molecule has 0 aliphatic rings. The lowest BCUT2D eigenvalue weighted by atomic mass is 10.2. The summed E-state index contributed by atoms with van der Waals surface area (Å²) < 4.78 is 10.3. The van der Waals surface area contributed by atoms with Crippen LogP contribution in [0.2, 0.25) is 5.02 Å². The summed E-state index contributed by atoms with van der Waals surface area (Å²) in [4.78, 5) is 10.3. The number of rotatable bonds is 6. The van der Waals surface area contributed by atoms with E-state index in [1.54, 1.807) is 0 Å². The number of benzene rings is 1. The highest BCUT2D eigenvalue weighted by Gasteiger charge is 2.19. The minimum atomic E-state index is -0.521. The van der Waals surface area contributed by atoms with Crippen LogP contribution in [0.15, 0.2) is 12.1 Å². The first-order valence-electron chi connectivity index (χ1n) is 5.24. The zero-order valence-corrected chi connectivity index (χ0v) is 10.5. The Labute approximate surface area is 104 Å². The van der Waals surface area contributed by atoms with Gasteiger partial charge in [0, 0.05) is 12.1 Å². The van der Waals surface area contributed by atoms with Crippen molar-refractivity contribution in [3.8, 4) is 11.5 Å². The van der Waals surface area contributed by atoms with Gasteiger partial charge in [-0.05, 0) is 6.42 Å². The van der Waals surface area contributed by atoms with Gasteiger partial charge in [-0.1, -0.05) is 24.9 Å². The van der Waals surface area contributed by atoms with E-state index in [2.05, 4.69) is 0 Å². The lowest BCUT2D eigenvalue weighted by Crippen LogP contribution is -2.01. The maximum Gasteiger partial charge on any atom is 0.312 e. The molecule has 0 heterocycles. The Morgan fingerprint density at radius 3 is 2.65 bits per heavy atom. The molecule has 0 saturated heterocycles. The molecule has 0 N–H and O–H groups in total. The average molecular weight is 260 g/mol. The van der Waals surface area contributed by atoms with Gasteiger partial charge in [-0.15, -0.1) is 0 Å². The van der Waals surface area contributed by atoms with Crippen molar-refractivity contribution in [3.05, 3.63) is 27.3 Å². The van der Waals surface area contributed by atoms with Gasteiger partial charge in [-0.3, -0.25) is 10.1 Å². The van der Waals surface area contributed by atoms with Crippen LogP contribution >= 0.6 is 11.6 Å². The molecule has 1 rings (SSSR count). The van der Waals surface area contributed by atoms with E-state index < -0.39 is 4.92 Å². The van der Waals surface area contributed by atoms with Crippen molar-refractivity contribution < 1.29 is 14.4 Å². The standard InChI is InChI=1S/C11H14ClNO4/c1-3-4-5-17-11-7-10(16-2)8(12)6-9(11)13(14)15/h6-7H,3-5H2,1-2H3. The van der Waals surface area contributed by atoms with Crippen molar-refractivity contribution in [2.24, 2.45) is 0 Å². The maximum atomic E-state index is 10.8. The van der Waals surface area contributed by atoms with Crippen LogP contribution in [-0.4, -0.2) is 18.6 Å². The number of nitrogens with zero attached hydrogens (tertiary/aromatic N) is 1. The number of methoxy groups -OCH3 is 1. The largest absolute Gasteiger partial charge is 0.495 e. The zero-order valence-electron chi connectivity index (χ0n) is 9.73. The Morgan fingerprint density at radius 2 is 2.12 bits per heavy atom. The Morgan fingerprint density at radius 1 is 1.41 bits per heavy atom. The van der Waals surface area contributed by atoms with Crippen molar-refractivity contribution >= 4 is 17.3 Å². The van der Waals surface area contributed by atoms with E-state index in [0.717, 1.165) is 12.8 Å². The topological polar surface area (TPSA) is 61.6 Å². The Balaban J connectivity index is 3.01. The van der Waals surface area contributed by atoms with Gasteiger partial charge < -0.3 is 9.47 Å². The summed E-state index contributed by atoms with van der Waals surface area (Å²) >= 11 is 5.82. The van der Waals surface area contributed by atoms with Gasteiger partial charge in [0.2, 0.25) is 5.75 Å². The summed E-state index contributed by atoms with van der Waals surface area (Å²) in [7, 11) is 1.45. The van der Waals surface area contributed by atoms with E-state index in [1.165, 1.54) is 19.2 Å². The second kappa shape index (κ2) is 6.30. The van der Waals surface area contributed by atoms with Crippen molar-refractivity contribution in [3.63, 3.8) is 0 Å². The van der Waals surface area contributed by atoms with Gasteiger partial charge in [0.15, 0.2) is 0 Å². The van der Waals surface area contributed by atoms with Crippen molar-refractivity contribution in [1.82, 2.24) is 0 Å². The van der Waals surface area contributed by atoms with Crippen LogP contribution in [0.25, 0.3) is 0 Å². The molecule has 0 saturated carbocycles. The molecule has 17 heavy (non-hydrogen) atoms. The fourth-order valence-corrected chi connectivity index (χ4v) is 1.50. The molecule has 0 unspecified atom stereocenters. The first-order chi connectivity index (χ1) is 8.10. The maximum absolute atomic E-state index is 10.8. The summed E-state index contributed by atoms with van der Waals surface area (Å²) in [5.74, 6) is 0.550. The highest BCUT2D eigenvalue weighted by molar-refractivity contribution is 6.32. The smallest absolute Gasteiger partial charge is 0.312 e. The lowest BCUT2D eigenvalue weighted by Gasteiger charge is -2.09. The molecular formula is C11H14ClNO4. The number of nitro benzene ring substituents is 1. The normalized spacial score (nSPS) is 10.1. The highest BCUT2D eigenvalue weighted by Crippen LogP contribution is 2.37. The van der Waals surface area contributed by atoms with E-state index in [1.807, 2.05) is 6.92 Å². The summed E-state index contributed by atoms with van der Waals surface area (Å²) in [5.41, 5.74) is -0.146. The Kier molecular flexibility index (Phi) is 5.03. The van der Waals surface area contributed by atoms with Gasteiger partial charge >= 0.3 is 5.69 Å². The predicted molar refractivity (Wildman–Crippen MR) is 65.1 cm³/mol. The van der Waals surface area contributed by atoms with Crippen molar-refractivity contribution in [1.29, 1.82) is 0 Å². The van der Waals surface area contributed by atoms with Gasteiger partial charge in [-0.25, -0.2) is 0 Å². The number of hydrogen-bond donors (Lipinski definition) is 0. The molecule has 0 radical (unpaired) electrons. The summed E-state index contributed by atoms with van der Waals surface area (Å²) in [6, 6.07) is 2.68. The van der Waals surface area contributed by atoms with E-state index in [0.29, 0.717) is 12.4 Å². The van der Waals surface area contributed by atoms with Crippen LogP contribution in [0.5, 0.6) is 11.5 Å². The third-order valence-corrected chi connectivity index (χ3v) is 2.48. The van der Waals surface area contributed by atoms with Crippen molar-refractivity contribution in [2.45, 2.75) is 19.8 Å². The number of ether oxygens (including phenoxy) is 2. The van der Waals surface area contributed by atoms with Crippen LogP contribution in [0, 0.1) is 10.1 Å². The number of halogens is 1. The minimum Gasteiger partial charge on any atom is -0.495 e. The summed E-state index contributed by atoms with van der Waals surface area (Å²) in [6.45, 7) is 2.45. The summed E-state index contributed by atoms with van der Waals surface area (Å²) in [5, 5.41) is 11.0. The van der Waals surface area contributed by atoms with Crippen LogP contribution in [0.3, 0.4) is 0 Å². The van der Waals surface area contributed by atoms with E-state index in [4.69, 9.17) is 21.1 Å². The number of nitro groups is 1. The third kappa shape index (κ3) is 3.49. The first kappa shape index (κ1) is 13.6. The van der Waals surface area contributed by atoms with E-state index in [9.17, 15) is 10.1 Å². The van der Waals surface area contributed by atoms with Crippen LogP contribution < -0.4 is 9.47 Å². The van der Waals surface area contributed by atoms with Crippen molar-refractivity contribution in [2.75, 3.05) is 13.7 Å². The SMILES string of the molecule is CCCCOc1cc(OC)c(Cl)cc1[N+](=O)[O-]. The molecule has 94 valence electrons. The van der Waals surface area contributed by atoms with Crippen LogP contribution in [0.1, 0.15) is 19.8 Å². The molecule has 1 aromatic carbocycles. The minimum absolute atomic E-state index is 0.146. The van der Waals surface area contributed by atoms with Gasteiger partial charge in [0.05, 0.1) is 23.7 Å². The van der Waals surface area contributed by atoms with Gasteiger partial charge in [0.1, 0.15) is 5.75 Å². The molecule has 0 aliphatic heterocycles. The predicted octanol–water partition coefficient (Wildman–Crippen LogP) is 3.44. The van der Waals surface area contributed by atoms with Crippen LogP contribution in [0.4, 0.5) is 5.69 Å². The number of unbranched alkanes of at least 4 members (excludes halogenated alkanes) is 1. The summed E-state index contributed by atoms with van der Waals surface area (Å²) in [6.07, 6.45) is 1.79. The third-order valence-electron chi connectivity index (χ3n) is 2.19. The molecule has 0 spiro atoms. The monoisotopic (exact) mass is 259 g/mol. The van der Waals surface area contributed by atoms with E-state index in [-0.39, 0.29) is 16.5 Å². The van der Waals surface area contributed by atoms with Gasteiger partial charge in [-0.2, -0.15) is 0 Å². The Hall–Kier alpha value is -1.49. The second-order valence-corrected chi connectivity index (χ2v) is 3.82. The number of hydrogen-bond acceptors (Lipinski definition) is 4. The molecular weight excluding hydrogens is 246 g/mol. The second-order valence-electron chi connectivity index (χ2n) is 3.41. The first-order valence-corrected chi connectivity index (χ1v) is 5.62. The Bertz CT molecular complexity index is 409. The molecule has 0 atom stereocenters. The zero-order chi connectivity index (χ0) is 12.8. The molecule has 6 heteroatoms. The van der Waals surface area contributed by atoms with Crippen LogP contribution in [-0.2, 0) is 0 Å². The molecule has 0 fully saturated rings.